The van der Waals surface area contributed by atoms with Crippen molar-refractivity contribution in [3.05, 3.63) is 29.8 Å². The molecule has 36 heavy (non-hydrogen) atoms. The first-order chi connectivity index (χ1) is 17.0. The number of aliphatic carboxylic acids is 1. The molecule has 0 saturated carbocycles. The monoisotopic (exact) mass is 542 g/mol. The molecule has 202 valence electrons. The van der Waals surface area contributed by atoms with Crippen LogP contribution in [0.5, 0.6) is 5.75 Å². The highest BCUT2D eigenvalue weighted by atomic mass is 32.2. The SMILES string of the molecule is CSCCC(N)C(=O)NC(C(=O)NC(CCSC)C(=O)NC(Cc1ccc(O)cc1)C(=O)O)C(C)C. The maximum Gasteiger partial charge on any atom is 0.326 e. The number of phenols is 1. The molecular weight excluding hydrogens is 504 g/mol. The maximum absolute atomic E-state index is 13.1. The number of benzene rings is 1. The van der Waals surface area contributed by atoms with E-state index in [9.17, 15) is 29.4 Å². The lowest BCUT2D eigenvalue weighted by Gasteiger charge is -2.27. The van der Waals surface area contributed by atoms with Crippen LogP contribution in [0.1, 0.15) is 32.3 Å². The Morgan fingerprint density at radius 3 is 1.94 bits per heavy atom. The summed E-state index contributed by atoms with van der Waals surface area (Å²) in [6.07, 6.45) is 4.51. The number of phenolic OH excluding ortho intramolecular Hbond substituents is 1. The Morgan fingerprint density at radius 2 is 1.42 bits per heavy atom. The molecule has 0 saturated heterocycles. The Morgan fingerprint density at radius 1 is 0.861 bits per heavy atom. The Bertz CT molecular complexity index is 869. The molecule has 10 nitrogen and oxygen atoms in total. The van der Waals surface area contributed by atoms with Gasteiger partial charge in [-0.15, -0.1) is 0 Å². The summed E-state index contributed by atoms with van der Waals surface area (Å²) in [6, 6.07) is 2.14. The van der Waals surface area contributed by atoms with Gasteiger partial charge in [-0.25, -0.2) is 4.79 Å². The molecule has 1 rings (SSSR count). The zero-order valence-electron chi connectivity index (χ0n) is 21.2. The second-order valence-electron chi connectivity index (χ2n) is 8.73. The molecule has 0 aliphatic carbocycles. The molecule has 7 N–H and O–H groups in total. The molecule has 4 atom stereocenters. The third-order valence-electron chi connectivity index (χ3n) is 5.45. The Hall–Kier alpha value is -2.44. The fraction of sp³-hybridized carbons (Fsp3) is 0.583. The van der Waals surface area contributed by atoms with E-state index in [2.05, 4.69) is 16.0 Å². The summed E-state index contributed by atoms with van der Waals surface area (Å²) >= 11 is 3.05. The van der Waals surface area contributed by atoms with Crippen LogP contribution in [0.2, 0.25) is 0 Å². The fourth-order valence-electron chi connectivity index (χ4n) is 3.28. The number of amides is 3. The minimum absolute atomic E-state index is 0.00313. The molecule has 0 aliphatic rings. The van der Waals surface area contributed by atoms with E-state index < -0.39 is 47.9 Å². The summed E-state index contributed by atoms with van der Waals surface area (Å²) in [7, 11) is 0. The number of carboxylic acids is 1. The van der Waals surface area contributed by atoms with E-state index in [0.29, 0.717) is 23.5 Å². The van der Waals surface area contributed by atoms with Crippen LogP contribution in [0.25, 0.3) is 0 Å². The van der Waals surface area contributed by atoms with E-state index in [-0.39, 0.29) is 24.5 Å². The van der Waals surface area contributed by atoms with Gasteiger partial charge < -0.3 is 31.9 Å². The van der Waals surface area contributed by atoms with Crippen molar-refractivity contribution in [2.75, 3.05) is 24.0 Å². The normalized spacial score (nSPS) is 14.4. The van der Waals surface area contributed by atoms with Crippen LogP contribution < -0.4 is 21.7 Å². The van der Waals surface area contributed by atoms with Gasteiger partial charge >= 0.3 is 5.97 Å². The van der Waals surface area contributed by atoms with Crippen molar-refractivity contribution in [3.8, 4) is 5.75 Å². The van der Waals surface area contributed by atoms with Gasteiger partial charge in [0.25, 0.3) is 0 Å². The van der Waals surface area contributed by atoms with E-state index >= 15 is 0 Å². The van der Waals surface area contributed by atoms with Gasteiger partial charge in [0.1, 0.15) is 23.9 Å². The van der Waals surface area contributed by atoms with Crippen molar-refractivity contribution < 1.29 is 29.4 Å². The first kappa shape index (κ1) is 31.6. The minimum atomic E-state index is -1.23. The van der Waals surface area contributed by atoms with Crippen LogP contribution >= 0.6 is 23.5 Å². The quantitative estimate of drug-likeness (QED) is 0.178. The molecule has 4 unspecified atom stereocenters. The number of carbonyl (C=O) groups is 4. The summed E-state index contributed by atoms with van der Waals surface area (Å²) < 4.78 is 0. The zero-order chi connectivity index (χ0) is 27.3. The lowest BCUT2D eigenvalue weighted by atomic mass is 10.0. The Balaban J connectivity index is 2.94. The number of rotatable bonds is 16. The molecule has 0 radical (unpaired) electrons. The van der Waals surface area contributed by atoms with Crippen molar-refractivity contribution in [1.29, 1.82) is 0 Å². The highest BCUT2D eigenvalue weighted by Gasteiger charge is 2.31. The summed E-state index contributed by atoms with van der Waals surface area (Å²) in [6.45, 7) is 3.54. The first-order valence-electron chi connectivity index (χ1n) is 11.6. The van der Waals surface area contributed by atoms with Crippen molar-refractivity contribution in [3.63, 3.8) is 0 Å². The van der Waals surface area contributed by atoms with Gasteiger partial charge in [0.05, 0.1) is 6.04 Å². The van der Waals surface area contributed by atoms with Crippen LogP contribution in [0, 0.1) is 5.92 Å². The van der Waals surface area contributed by atoms with Crippen molar-refractivity contribution >= 4 is 47.2 Å². The molecule has 0 bridgehead atoms. The molecule has 12 heteroatoms. The molecule has 0 aliphatic heterocycles. The number of hydrogen-bond acceptors (Lipinski definition) is 8. The molecule has 0 heterocycles. The second kappa shape index (κ2) is 16.3. The number of nitrogens with one attached hydrogen (secondary N) is 3. The average Bonchev–Trinajstić information content (AvgIpc) is 2.83. The van der Waals surface area contributed by atoms with Gasteiger partial charge in [-0.3, -0.25) is 14.4 Å². The molecule has 1 aromatic rings. The fourth-order valence-corrected chi connectivity index (χ4v) is 4.24. The summed E-state index contributed by atoms with van der Waals surface area (Å²) in [5.74, 6) is -1.80. The average molecular weight is 543 g/mol. The summed E-state index contributed by atoms with van der Waals surface area (Å²) in [5, 5.41) is 26.9. The van der Waals surface area contributed by atoms with Gasteiger partial charge in [0.2, 0.25) is 17.7 Å². The smallest absolute Gasteiger partial charge is 0.326 e. The number of carboxylic acid groups (broad SMARTS) is 1. The minimum Gasteiger partial charge on any atom is -0.508 e. The topological polar surface area (TPSA) is 171 Å². The lowest BCUT2D eigenvalue weighted by molar-refractivity contribution is -0.142. The van der Waals surface area contributed by atoms with Gasteiger partial charge in [0.15, 0.2) is 0 Å². The van der Waals surface area contributed by atoms with Gasteiger partial charge in [-0.1, -0.05) is 26.0 Å². The Kier molecular flexibility index (Phi) is 14.3. The van der Waals surface area contributed by atoms with E-state index in [1.807, 2.05) is 12.5 Å². The second-order valence-corrected chi connectivity index (χ2v) is 10.7. The van der Waals surface area contributed by atoms with Crippen LogP contribution in [0.15, 0.2) is 24.3 Å². The molecule has 0 spiro atoms. The highest BCUT2D eigenvalue weighted by molar-refractivity contribution is 7.98. The predicted octanol–water partition coefficient (Wildman–Crippen LogP) is 0.963. The van der Waals surface area contributed by atoms with E-state index in [4.69, 9.17) is 5.73 Å². The maximum atomic E-state index is 13.1. The third kappa shape index (κ3) is 11.1. The number of nitrogens with two attached hydrogens (primary N) is 1. The highest BCUT2D eigenvalue weighted by Crippen LogP contribution is 2.12. The summed E-state index contributed by atoms with van der Waals surface area (Å²) in [5.41, 5.74) is 6.54. The molecule has 0 aromatic heterocycles. The Labute approximate surface area is 220 Å². The largest absolute Gasteiger partial charge is 0.508 e. The number of thioether (sulfide) groups is 2. The molecule has 0 fully saturated rings. The van der Waals surface area contributed by atoms with Crippen molar-refractivity contribution in [2.24, 2.45) is 11.7 Å². The summed E-state index contributed by atoms with van der Waals surface area (Å²) in [4.78, 5) is 50.4. The number of hydrogen-bond donors (Lipinski definition) is 6. The zero-order valence-corrected chi connectivity index (χ0v) is 22.8. The van der Waals surface area contributed by atoms with Crippen molar-refractivity contribution in [2.45, 2.75) is 57.3 Å². The predicted molar refractivity (Wildman–Crippen MR) is 144 cm³/mol. The number of carbonyl (C=O) groups excluding carboxylic acids is 3. The van der Waals surface area contributed by atoms with E-state index in [1.54, 1.807) is 37.7 Å². The van der Waals surface area contributed by atoms with Gasteiger partial charge in [-0.05, 0) is 60.5 Å². The van der Waals surface area contributed by atoms with Crippen LogP contribution in [0.3, 0.4) is 0 Å². The van der Waals surface area contributed by atoms with Gasteiger partial charge in [-0.2, -0.15) is 23.5 Å². The van der Waals surface area contributed by atoms with Crippen LogP contribution in [0.4, 0.5) is 0 Å². The molecular formula is C24H38N4O6S2. The first-order valence-corrected chi connectivity index (χ1v) is 14.4. The molecule has 3 amide bonds. The van der Waals surface area contributed by atoms with E-state index in [1.165, 1.54) is 23.9 Å². The standard InChI is InChI=1S/C24H38N4O6S2/c1-14(2)20(28-21(30)17(25)9-11-35-3)23(32)26-18(10-12-36-4)22(31)27-19(24(33)34)13-15-5-7-16(29)8-6-15/h5-8,14,17-20,29H,9-13,25H2,1-4H3,(H,26,32)(H,27,31)(H,28,30)(H,33,34). The van der Waals surface area contributed by atoms with E-state index in [0.717, 1.165) is 0 Å². The third-order valence-corrected chi connectivity index (χ3v) is 6.74. The van der Waals surface area contributed by atoms with Crippen LogP contribution in [-0.2, 0) is 25.6 Å². The number of aromatic hydroxyl groups is 1. The van der Waals surface area contributed by atoms with Gasteiger partial charge in [0, 0.05) is 6.42 Å². The van der Waals surface area contributed by atoms with Crippen molar-refractivity contribution in [1.82, 2.24) is 16.0 Å². The molecule has 1 aromatic carbocycles. The van der Waals surface area contributed by atoms with Crippen LogP contribution in [-0.4, -0.2) is 82.1 Å². The lowest BCUT2D eigenvalue weighted by Crippen LogP contribution is -2.58.